The second-order valence-electron chi connectivity index (χ2n) is 3.88. The number of aromatic nitrogens is 2. The van der Waals surface area contributed by atoms with Gasteiger partial charge in [-0.2, -0.15) is 0 Å². The highest BCUT2D eigenvalue weighted by molar-refractivity contribution is 6.31. The lowest BCUT2D eigenvalue weighted by molar-refractivity contribution is 0.837. The van der Waals surface area contributed by atoms with Crippen LogP contribution in [0, 0.1) is 0 Å². The standard InChI is InChI=1S/C13H13Cl2N3/c1-2-4-12-17-11(15)8-13(18-12)16-10-6-3-5-9(14)7-10/h3,5-8H,2,4H2,1H3,(H,16,17,18). The van der Waals surface area contributed by atoms with Gasteiger partial charge >= 0.3 is 0 Å². The van der Waals surface area contributed by atoms with Gasteiger partial charge in [0.1, 0.15) is 16.8 Å². The number of anilines is 2. The Morgan fingerprint density at radius 2 is 2.00 bits per heavy atom. The first-order valence-corrected chi connectivity index (χ1v) is 6.49. The predicted octanol–water partition coefficient (Wildman–Crippen LogP) is 4.48. The maximum absolute atomic E-state index is 5.97. The molecule has 0 aliphatic heterocycles. The van der Waals surface area contributed by atoms with Gasteiger partial charge in [-0.15, -0.1) is 0 Å². The van der Waals surface area contributed by atoms with E-state index >= 15 is 0 Å². The minimum absolute atomic E-state index is 0.443. The van der Waals surface area contributed by atoms with E-state index in [0.29, 0.717) is 16.0 Å². The number of nitrogens with one attached hydrogen (secondary N) is 1. The number of benzene rings is 1. The third-order valence-electron chi connectivity index (χ3n) is 2.31. The zero-order valence-electron chi connectivity index (χ0n) is 9.95. The van der Waals surface area contributed by atoms with E-state index in [1.54, 1.807) is 6.07 Å². The minimum atomic E-state index is 0.443. The summed E-state index contributed by atoms with van der Waals surface area (Å²) in [5.74, 6) is 1.43. The fourth-order valence-corrected chi connectivity index (χ4v) is 1.97. The highest BCUT2D eigenvalue weighted by atomic mass is 35.5. The predicted molar refractivity (Wildman–Crippen MR) is 75.8 cm³/mol. The summed E-state index contributed by atoms with van der Waals surface area (Å²) in [5.41, 5.74) is 0.875. The molecule has 1 aromatic carbocycles. The molecule has 1 heterocycles. The van der Waals surface area contributed by atoms with Crippen LogP contribution >= 0.6 is 23.2 Å². The van der Waals surface area contributed by atoms with Crippen LogP contribution in [0.5, 0.6) is 0 Å². The van der Waals surface area contributed by atoms with Gasteiger partial charge in [-0.25, -0.2) is 9.97 Å². The molecule has 0 spiro atoms. The van der Waals surface area contributed by atoms with Gasteiger partial charge in [-0.05, 0) is 24.6 Å². The zero-order valence-corrected chi connectivity index (χ0v) is 11.5. The molecule has 18 heavy (non-hydrogen) atoms. The van der Waals surface area contributed by atoms with Crippen LogP contribution in [0.2, 0.25) is 10.2 Å². The average molecular weight is 282 g/mol. The summed E-state index contributed by atoms with van der Waals surface area (Å²) in [7, 11) is 0. The van der Waals surface area contributed by atoms with Crippen LogP contribution in [0.15, 0.2) is 30.3 Å². The molecule has 3 nitrogen and oxygen atoms in total. The van der Waals surface area contributed by atoms with Crippen molar-refractivity contribution < 1.29 is 0 Å². The summed E-state index contributed by atoms with van der Waals surface area (Å²) in [6.07, 6.45) is 1.79. The minimum Gasteiger partial charge on any atom is -0.340 e. The molecular formula is C13H13Cl2N3. The quantitative estimate of drug-likeness (QED) is 0.840. The molecule has 0 bridgehead atoms. The summed E-state index contributed by atoms with van der Waals surface area (Å²) in [4.78, 5) is 8.57. The number of rotatable bonds is 4. The summed E-state index contributed by atoms with van der Waals surface area (Å²) in [6, 6.07) is 9.14. The number of aryl methyl sites for hydroxylation is 1. The molecular weight excluding hydrogens is 269 g/mol. The number of hydrogen-bond donors (Lipinski definition) is 1. The van der Waals surface area contributed by atoms with E-state index in [1.165, 1.54) is 0 Å². The summed E-state index contributed by atoms with van der Waals surface area (Å²) >= 11 is 11.9. The van der Waals surface area contributed by atoms with Crippen molar-refractivity contribution in [2.45, 2.75) is 19.8 Å². The molecule has 2 aromatic rings. The normalized spacial score (nSPS) is 10.4. The molecule has 0 aliphatic rings. The van der Waals surface area contributed by atoms with Gasteiger partial charge in [-0.1, -0.05) is 36.2 Å². The number of halogens is 2. The van der Waals surface area contributed by atoms with E-state index in [9.17, 15) is 0 Å². The second kappa shape index (κ2) is 6.03. The van der Waals surface area contributed by atoms with Crippen molar-refractivity contribution >= 4 is 34.7 Å². The average Bonchev–Trinajstić information content (AvgIpc) is 2.28. The Balaban J connectivity index is 2.23. The summed E-state index contributed by atoms with van der Waals surface area (Å²) < 4.78 is 0. The van der Waals surface area contributed by atoms with E-state index in [0.717, 1.165) is 24.4 Å². The van der Waals surface area contributed by atoms with E-state index in [1.807, 2.05) is 24.3 Å². The van der Waals surface area contributed by atoms with E-state index in [2.05, 4.69) is 22.2 Å². The van der Waals surface area contributed by atoms with Crippen molar-refractivity contribution in [3.63, 3.8) is 0 Å². The van der Waals surface area contributed by atoms with E-state index < -0.39 is 0 Å². The van der Waals surface area contributed by atoms with Crippen molar-refractivity contribution in [3.05, 3.63) is 46.3 Å². The van der Waals surface area contributed by atoms with E-state index in [-0.39, 0.29) is 0 Å². The molecule has 0 atom stereocenters. The van der Waals surface area contributed by atoms with Crippen LogP contribution in [-0.4, -0.2) is 9.97 Å². The zero-order chi connectivity index (χ0) is 13.0. The second-order valence-corrected chi connectivity index (χ2v) is 4.70. The van der Waals surface area contributed by atoms with Crippen LogP contribution in [0.1, 0.15) is 19.2 Å². The Labute approximate surface area is 116 Å². The summed E-state index contributed by atoms with van der Waals surface area (Å²) in [6.45, 7) is 2.08. The smallest absolute Gasteiger partial charge is 0.135 e. The van der Waals surface area contributed by atoms with Crippen molar-refractivity contribution in [1.82, 2.24) is 9.97 Å². The largest absolute Gasteiger partial charge is 0.340 e. The molecule has 5 heteroatoms. The molecule has 0 fully saturated rings. The molecule has 0 saturated heterocycles. The SMILES string of the molecule is CCCc1nc(Cl)cc(Nc2cccc(Cl)c2)n1. The lowest BCUT2D eigenvalue weighted by Gasteiger charge is -2.07. The maximum atomic E-state index is 5.97. The van der Waals surface area contributed by atoms with Crippen LogP contribution in [0.3, 0.4) is 0 Å². The van der Waals surface area contributed by atoms with Gasteiger partial charge in [0.15, 0.2) is 0 Å². The summed E-state index contributed by atoms with van der Waals surface area (Å²) in [5, 5.41) is 4.28. The van der Waals surface area contributed by atoms with Crippen molar-refractivity contribution in [3.8, 4) is 0 Å². The molecule has 0 radical (unpaired) electrons. The van der Waals surface area contributed by atoms with Crippen molar-refractivity contribution in [2.75, 3.05) is 5.32 Å². The first kappa shape index (κ1) is 13.1. The van der Waals surface area contributed by atoms with Crippen molar-refractivity contribution in [2.24, 2.45) is 0 Å². The van der Waals surface area contributed by atoms with Crippen LogP contribution in [-0.2, 0) is 6.42 Å². The molecule has 0 amide bonds. The number of nitrogens with zero attached hydrogens (tertiary/aromatic N) is 2. The maximum Gasteiger partial charge on any atom is 0.135 e. The Morgan fingerprint density at radius 3 is 2.72 bits per heavy atom. The Morgan fingerprint density at radius 1 is 1.17 bits per heavy atom. The van der Waals surface area contributed by atoms with Gasteiger partial charge in [-0.3, -0.25) is 0 Å². The Kier molecular flexibility index (Phi) is 4.39. The first-order chi connectivity index (χ1) is 8.67. The van der Waals surface area contributed by atoms with Crippen LogP contribution in [0.25, 0.3) is 0 Å². The molecule has 0 unspecified atom stereocenters. The van der Waals surface area contributed by atoms with Crippen LogP contribution < -0.4 is 5.32 Å². The molecule has 1 N–H and O–H groups in total. The molecule has 0 saturated carbocycles. The fourth-order valence-electron chi connectivity index (χ4n) is 1.58. The van der Waals surface area contributed by atoms with Gasteiger partial charge in [0.2, 0.25) is 0 Å². The molecule has 1 aromatic heterocycles. The van der Waals surface area contributed by atoms with E-state index in [4.69, 9.17) is 23.2 Å². The lowest BCUT2D eigenvalue weighted by Crippen LogP contribution is -2.00. The molecule has 0 aliphatic carbocycles. The third-order valence-corrected chi connectivity index (χ3v) is 2.74. The highest BCUT2D eigenvalue weighted by Gasteiger charge is 2.03. The van der Waals surface area contributed by atoms with Gasteiger partial charge in [0.05, 0.1) is 0 Å². The van der Waals surface area contributed by atoms with Gasteiger partial charge in [0.25, 0.3) is 0 Å². The Bertz CT molecular complexity index is 544. The fraction of sp³-hybridized carbons (Fsp3) is 0.231. The lowest BCUT2D eigenvalue weighted by atomic mass is 10.3. The van der Waals surface area contributed by atoms with Crippen LogP contribution in [0.4, 0.5) is 11.5 Å². The van der Waals surface area contributed by atoms with Gasteiger partial charge < -0.3 is 5.32 Å². The number of hydrogen-bond acceptors (Lipinski definition) is 3. The molecule has 2 rings (SSSR count). The first-order valence-electron chi connectivity index (χ1n) is 5.73. The van der Waals surface area contributed by atoms with Crippen molar-refractivity contribution in [1.29, 1.82) is 0 Å². The third kappa shape index (κ3) is 3.59. The molecule has 94 valence electrons. The van der Waals surface area contributed by atoms with Gasteiger partial charge in [0, 0.05) is 23.2 Å². The Hall–Kier alpha value is -1.32. The monoisotopic (exact) mass is 281 g/mol. The highest BCUT2D eigenvalue weighted by Crippen LogP contribution is 2.20. The topological polar surface area (TPSA) is 37.8 Å².